The molecule has 0 bridgehead atoms. The van der Waals surface area contributed by atoms with E-state index in [4.69, 9.17) is 14.6 Å². The third-order valence-electron chi connectivity index (χ3n) is 1.93. The molecule has 0 fully saturated rings. The van der Waals surface area contributed by atoms with Crippen molar-refractivity contribution in [2.24, 2.45) is 0 Å². The van der Waals surface area contributed by atoms with E-state index in [0.717, 1.165) is 25.7 Å². The monoisotopic (exact) mass is 204 g/mol. The summed E-state index contributed by atoms with van der Waals surface area (Å²) in [5, 5.41) is 8.38. The Morgan fingerprint density at radius 2 is 2.07 bits per heavy atom. The summed E-state index contributed by atoms with van der Waals surface area (Å²) < 4.78 is 10.4. The van der Waals surface area contributed by atoms with Gasteiger partial charge in [0.1, 0.15) is 0 Å². The Morgan fingerprint density at radius 1 is 1.36 bits per heavy atom. The van der Waals surface area contributed by atoms with Crippen LogP contribution in [0.3, 0.4) is 0 Å². The van der Waals surface area contributed by atoms with E-state index in [1.165, 1.54) is 0 Å². The van der Waals surface area contributed by atoms with E-state index in [0.29, 0.717) is 6.61 Å². The van der Waals surface area contributed by atoms with Gasteiger partial charge in [0.25, 0.3) is 0 Å². The normalized spacial score (nSPS) is 12.7. The fourth-order valence-corrected chi connectivity index (χ4v) is 1.12. The van der Waals surface area contributed by atoms with Crippen molar-refractivity contribution >= 4 is 5.97 Å². The van der Waals surface area contributed by atoms with Gasteiger partial charge in [-0.25, -0.2) is 0 Å². The van der Waals surface area contributed by atoms with E-state index in [-0.39, 0.29) is 12.7 Å². The molecule has 0 aliphatic rings. The smallest absolute Gasteiger partial charge is 0.303 e. The van der Waals surface area contributed by atoms with Crippen molar-refractivity contribution in [3.05, 3.63) is 0 Å². The molecule has 0 heterocycles. The van der Waals surface area contributed by atoms with Gasteiger partial charge in [-0.3, -0.25) is 4.79 Å². The van der Waals surface area contributed by atoms with Crippen LogP contribution in [0.25, 0.3) is 0 Å². The lowest BCUT2D eigenvalue weighted by molar-refractivity contribution is -0.137. The summed E-state index contributed by atoms with van der Waals surface area (Å²) in [5.74, 6) is -0.728. The summed E-state index contributed by atoms with van der Waals surface area (Å²) in [6, 6.07) is 0. The summed E-state index contributed by atoms with van der Waals surface area (Å²) in [6.45, 7) is 2.64. The lowest BCUT2D eigenvalue weighted by atomic mass is 10.2. The Hall–Kier alpha value is -0.610. The zero-order valence-electron chi connectivity index (χ0n) is 8.99. The minimum Gasteiger partial charge on any atom is -0.481 e. The van der Waals surface area contributed by atoms with Crippen molar-refractivity contribution in [1.82, 2.24) is 0 Å². The van der Waals surface area contributed by atoms with Crippen molar-refractivity contribution in [1.29, 1.82) is 0 Å². The van der Waals surface area contributed by atoms with Crippen LogP contribution in [0.15, 0.2) is 0 Å². The largest absolute Gasteiger partial charge is 0.481 e. The predicted octanol–water partition coefficient (Wildman–Crippen LogP) is 2.03. The van der Waals surface area contributed by atoms with Crippen molar-refractivity contribution in [2.75, 3.05) is 13.7 Å². The minimum atomic E-state index is -0.728. The number of ether oxygens (including phenoxy) is 2. The maximum atomic E-state index is 10.2. The number of methoxy groups -OCH3 is 1. The Kier molecular flexibility index (Phi) is 8.57. The number of hydrogen-bond acceptors (Lipinski definition) is 3. The molecule has 0 rings (SSSR count). The molecule has 4 heteroatoms. The third-order valence-corrected chi connectivity index (χ3v) is 1.93. The highest BCUT2D eigenvalue weighted by Gasteiger charge is 2.02. The minimum absolute atomic E-state index is 0.116. The van der Waals surface area contributed by atoms with Crippen molar-refractivity contribution < 1.29 is 19.4 Å². The van der Waals surface area contributed by atoms with Gasteiger partial charge in [0, 0.05) is 20.1 Å². The van der Waals surface area contributed by atoms with E-state index in [2.05, 4.69) is 0 Å². The van der Waals surface area contributed by atoms with Gasteiger partial charge in [-0.1, -0.05) is 13.3 Å². The second-order valence-corrected chi connectivity index (χ2v) is 3.15. The molecule has 0 aromatic carbocycles. The zero-order chi connectivity index (χ0) is 10.8. The molecule has 4 nitrogen and oxygen atoms in total. The highest BCUT2D eigenvalue weighted by molar-refractivity contribution is 5.66. The van der Waals surface area contributed by atoms with Crippen LogP contribution in [0.5, 0.6) is 0 Å². The molecular formula is C10H20O4. The molecule has 1 unspecified atom stereocenters. The molecule has 0 spiro atoms. The zero-order valence-corrected chi connectivity index (χ0v) is 8.99. The summed E-state index contributed by atoms with van der Waals surface area (Å²) in [6.07, 6.45) is 3.49. The highest BCUT2D eigenvalue weighted by Crippen LogP contribution is 2.03. The first-order chi connectivity index (χ1) is 6.70. The first kappa shape index (κ1) is 13.4. The molecule has 14 heavy (non-hydrogen) atoms. The molecule has 1 N–H and O–H groups in total. The third kappa shape index (κ3) is 8.01. The SMILES string of the molecule is CCC(OC)OCCCCCC(=O)O. The molecule has 0 aliphatic heterocycles. The van der Waals surface area contributed by atoms with Gasteiger partial charge < -0.3 is 14.6 Å². The number of carboxylic acid groups (broad SMARTS) is 1. The molecule has 1 atom stereocenters. The maximum Gasteiger partial charge on any atom is 0.303 e. The Labute approximate surface area is 85.2 Å². The molecule has 84 valence electrons. The fraction of sp³-hybridized carbons (Fsp3) is 0.900. The standard InChI is InChI=1S/C10H20O4/c1-3-10(13-2)14-8-6-4-5-7-9(11)12/h10H,3-8H2,1-2H3,(H,11,12). The van der Waals surface area contributed by atoms with Gasteiger partial charge in [-0.15, -0.1) is 0 Å². The van der Waals surface area contributed by atoms with Gasteiger partial charge in [-0.05, 0) is 19.3 Å². The van der Waals surface area contributed by atoms with E-state index in [1.54, 1.807) is 7.11 Å². The van der Waals surface area contributed by atoms with Crippen molar-refractivity contribution in [3.8, 4) is 0 Å². The predicted molar refractivity (Wildman–Crippen MR) is 53.1 cm³/mol. The molecule has 0 amide bonds. The van der Waals surface area contributed by atoms with Gasteiger partial charge >= 0.3 is 5.97 Å². The summed E-state index contributed by atoms with van der Waals surface area (Å²) >= 11 is 0. The van der Waals surface area contributed by atoms with Crippen molar-refractivity contribution in [2.45, 2.75) is 45.3 Å². The number of unbranched alkanes of at least 4 members (excludes halogenated alkanes) is 2. The first-order valence-corrected chi connectivity index (χ1v) is 5.06. The average molecular weight is 204 g/mol. The van der Waals surface area contributed by atoms with Crippen LogP contribution in [0, 0.1) is 0 Å². The molecule has 0 saturated carbocycles. The molecule has 0 radical (unpaired) electrons. The number of carboxylic acids is 1. The van der Waals surface area contributed by atoms with E-state index >= 15 is 0 Å². The fourth-order valence-electron chi connectivity index (χ4n) is 1.12. The van der Waals surface area contributed by atoms with Crippen LogP contribution in [0.4, 0.5) is 0 Å². The average Bonchev–Trinajstić information content (AvgIpc) is 2.16. The second kappa shape index (κ2) is 8.97. The van der Waals surface area contributed by atoms with Gasteiger partial charge in [0.2, 0.25) is 0 Å². The second-order valence-electron chi connectivity index (χ2n) is 3.15. The molecule has 0 aromatic rings. The molecule has 0 aromatic heterocycles. The number of carbonyl (C=O) groups is 1. The lowest BCUT2D eigenvalue weighted by Crippen LogP contribution is -2.14. The number of rotatable bonds is 9. The number of aliphatic carboxylic acids is 1. The van der Waals surface area contributed by atoms with E-state index < -0.39 is 5.97 Å². The van der Waals surface area contributed by atoms with Crippen molar-refractivity contribution in [3.63, 3.8) is 0 Å². The Balaban J connectivity index is 3.16. The maximum absolute atomic E-state index is 10.2. The first-order valence-electron chi connectivity index (χ1n) is 5.06. The van der Waals surface area contributed by atoms with Gasteiger partial charge in [-0.2, -0.15) is 0 Å². The lowest BCUT2D eigenvalue weighted by Gasteiger charge is -2.13. The van der Waals surface area contributed by atoms with Crippen LogP contribution >= 0.6 is 0 Å². The topological polar surface area (TPSA) is 55.8 Å². The van der Waals surface area contributed by atoms with Gasteiger partial charge in [0.15, 0.2) is 6.29 Å². The van der Waals surface area contributed by atoms with Crippen LogP contribution < -0.4 is 0 Å². The highest BCUT2D eigenvalue weighted by atomic mass is 16.7. The summed E-state index contributed by atoms with van der Waals surface area (Å²) in [4.78, 5) is 10.2. The Morgan fingerprint density at radius 3 is 2.57 bits per heavy atom. The number of hydrogen-bond donors (Lipinski definition) is 1. The summed E-state index contributed by atoms with van der Waals surface area (Å²) in [7, 11) is 1.62. The van der Waals surface area contributed by atoms with Crippen LogP contribution in [-0.4, -0.2) is 31.1 Å². The van der Waals surface area contributed by atoms with Crippen LogP contribution in [0.1, 0.15) is 39.0 Å². The van der Waals surface area contributed by atoms with Crippen LogP contribution in [-0.2, 0) is 14.3 Å². The van der Waals surface area contributed by atoms with E-state index in [1.807, 2.05) is 6.92 Å². The van der Waals surface area contributed by atoms with Gasteiger partial charge in [0.05, 0.1) is 0 Å². The molecule has 0 saturated heterocycles. The molecule has 0 aliphatic carbocycles. The summed E-state index contributed by atoms with van der Waals surface area (Å²) in [5.41, 5.74) is 0. The Bertz CT molecular complexity index is 143. The quantitative estimate of drug-likeness (QED) is 0.461. The molecular weight excluding hydrogens is 184 g/mol. The van der Waals surface area contributed by atoms with Crippen LogP contribution in [0.2, 0.25) is 0 Å². The van der Waals surface area contributed by atoms with E-state index in [9.17, 15) is 4.79 Å².